The highest BCUT2D eigenvalue weighted by atomic mass is 79.9. The van der Waals surface area contributed by atoms with E-state index in [1.807, 2.05) is 0 Å². The van der Waals surface area contributed by atoms with Crippen molar-refractivity contribution in [3.05, 3.63) is 38.3 Å². The number of nitro benzene ring substituents is 1. The van der Waals surface area contributed by atoms with Crippen LogP contribution in [0.15, 0.2) is 22.7 Å². The molecule has 0 saturated heterocycles. The maximum absolute atomic E-state index is 10.6. The van der Waals surface area contributed by atoms with E-state index in [9.17, 15) is 10.1 Å². The lowest BCUT2D eigenvalue weighted by Crippen LogP contribution is -2.03. The summed E-state index contributed by atoms with van der Waals surface area (Å²) in [4.78, 5) is 10.1. The third-order valence-corrected chi connectivity index (χ3v) is 2.50. The van der Waals surface area contributed by atoms with Crippen LogP contribution in [0.2, 0.25) is 0 Å². The highest BCUT2D eigenvalue weighted by Gasteiger charge is 2.15. The second-order valence-corrected chi connectivity index (χ2v) is 3.63. The van der Waals surface area contributed by atoms with Crippen LogP contribution >= 0.6 is 15.9 Å². The number of nitro groups is 1. The molecule has 1 rings (SSSR count). The summed E-state index contributed by atoms with van der Waals surface area (Å²) in [5.74, 6) is 0. The van der Waals surface area contributed by atoms with Crippen molar-refractivity contribution in [2.75, 3.05) is 14.2 Å². The van der Waals surface area contributed by atoms with E-state index in [-0.39, 0.29) is 5.69 Å². The van der Waals surface area contributed by atoms with Gasteiger partial charge in [-0.2, -0.15) is 0 Å². The van der Waals surface area contributed by atoms with Gasteiger partial charge in [-0.05, 0) is 28.1 Å². The molecule has 0 amide bonds. The standard InChI is InChI=1S/C9H10BrNO4/c1-14-9(15-2)6-3-4-8(11(12)13)7(10)5-6/h3-5,9H,1-2H3. The molecule has 0 saturated carbocycles. The van der Waals surface area contributed by atoms with E-state index in [4.69, 9.17) is 9.47 Å². The van der Waals surface area contributed by atoms with Crippen molar-refractivity contribution in [3.63, 3.8) is 0 Å². The Labute approximate surface area is 95.3 Å². The van der Waals surface area contributed by atoms with Crippen molar-refractivity contribution in [3.8, 4) is 0 Å². The predicted octanol–water partition coefficient (Wildman–Crippen LogP) is 2.65. The largest absolute Gasteiger partial charge is 0.352 e. The second-order valence-electron chi connectivity index (χ2n) is 2.77. The van der Waals surface area contributed by atoms with E-state index in [1.165, 1.54) is 20.3 Å². The summed E-state index contributed by atoms with van der Waals surface area (Å²) in [6, 6.07) is 4.61. The molecular formula is C9H10BrNO4. The van der Waals surface area contributed by atoms with Crippen LogP contribution in [0.1, 0.15) is 11.9 Å². The number of nitrogens with zero attached hydrogens (tertiary/aromatic N) is 1. The molecule has 1 aromatic rings. The lowest BCUT2D eigenvalue weighted by atomic mass is 10.2. The number of hydrogen-bond acceptors (Lipinski definition) is 4. The molecule has 0 spiro atoms. The molecule has 0 radical (unpaired) electrons. The molecule has 15 heavy (non-hydrogen) atoms. The van der Waals surface area contributed by atoms with Gasteiger partial charge in [0.05, 0.1) is 9.40 Å². The van der Waals surface area contributed by atoms with Crippen LogP contribution in [-0.4, -0.2) is 19.1 Å². The molecule has 0 heterocycles. The van der Waals surface area contributed by atoms with Gasteiger partial charge < -0.3 is 9.47 Å². The van der Waals surface area contributed by atoms with Gasteiger partial charge in [-0.3, -0.25) is 10.1 Å². The van der Waals surface area contributed by atoms with Crippen LogP contribution in [0.4, 0.5) is 5.69 Å². The molecule has 6 heteroatoms. The molecule has 0 aliphatic heterocycles. The summed E-state index contributed by atoms with van der Waals surface area (Å²) in [6.07, 6.45) is -0.512. The van der Waals surface area contributed by atoms with Gasteiger partial charge in [0.15, 0.2) is 6.29 Å². The zero-order chi connectivity index (χ0) is 11.4. The normalized spacial score (nSPS) is 10.7. The Kier molecular flexibility index (Phi) is 4.19. The lowest BCUT2D eigenvalue weighted by molar-refractivity contribution is -0.385. The van der Waals surface area contributed by atoms with Crippen molar-refractivity contribution < 1.29 is 14.4 Å². The van der Waals surface area contributed by atoms with Crippen molar-refractivity contribution in [2.24, 2.45) is 0 Å². The summed E-state index contributed by atoms with van der Waals surface area (Å²) in [5, 5.41) is 10.6. The smallest absolute Gasteiger partial charge is 0.283 e. The topological polar surface area (TPSA) is 61.6 Å². The van der Waals surface area contributed by atoms with E-state index in [1.54, 1.807) is 12.1 Å². The van der Waals surface area contributed by atoms with Crippen LogP contribution in [-0.2, 0) is 9.47 Å². The van der Waals surface area contributed by atoms with Gasteiger partial charge in [0.2, 0.25) is 0 Å². The zero-order valence-corrected chi connectivity index (χ0v) is 9.85. The first kappa shape index (κ1) is 12.1. The van der Waals surface area contributed by atoms with E-state index >= 15 is 0 Å². The number of benzene rings is 1. The van der Waals surface area contributed by atoms with E-state index in [2.05, 4.69) is 15.9 Å². The molecule has 0 unspecified atom stereocenters. The Morgan fingerprint density at radius 3 is 2.40 bits per heavy atom. The Hall–Kier alpha value is -0.980. The monoisotopic (exact) mass is 275 g/mol. The highest BCUT2D eigenvalue weighted by molar-refractivity contribution is 9.10. The summed E-state index contributed by atoms with van der Waals surface area (Å²) in [5.41, 5.74) is 0.738. The van der Waals surface area contributed by atoms with Gasteiger partial charge in [-0.1, -0.05) is 0 Å². The van der Waals surface area contributed by atoms with Crippen molar-refractivity contribution >= 4 is 21.6 Å². The van der Waals surface area contributed by atoms with Gasteiger partial charge in [0, 0.05) is 25.8 Å². The molecule has 0 N–H and O–H groups in total. The summed E-state index contributed by atoms with van der Waals surface area (Å²) >= 11 is 3.12. The summed E-state index contributed by atoms with van der Waals surface area (Å²) in [7, 11) is 3.01. The fourth-order valence-electron chi connectivity index (χ4n) is 1.19. The van der Waals surface area contributed by atoms with Gasteiger partial charge in [-0.25, -0.2) is 0 Å². The molecule has 0 aromatic heterocycles. The van der Waals surface area contributed by atoms with Crippen LogP contribution < -0.4 is 0 Å². The van der Waals surface area contributed by atoms with E-state index in [0.29, 0.717) is 4.47 Å². The molecule has 0 atom stereocenters. The molecule has 0 aliphatic rings. The van der Waals surface area contributed by atoms with Crippen molar-refractivity contribution in [1.29, 1.82) is 0 Å². The minimum atomic E-state index is -0.512. The Morgan fingerprint density at radius 1 is 1.40 bits per heavy atom. The first-order valence-electron chi connectivity index (χ1n) is 4.09. The minimum absolute atomic E-state index is 0.0182. The SMILES string of the molecule is COC(OC)c1ccc([N+](=O)[O-])c(Br)c1. The maximum Gasteiger partial charge on any atom is 0.283 e. The van der Waals surface area contributed by atoms with Crippen LogP contribution in [0.25, 0.3) is 0 Å². The third-order valence-electron chi connectivity index (χ3n) is 1.87. The first-order valence-corrected chi connectivity index (χ1v) is 4.89. The number of rotatable bonds is 4. The van der Waals surface area contributed by atoms with Crippen LogP contribution in [0.3, 0.4) is 0 Å². The number of halogens is 1. The Morgan fingerprint density at radius 2 is 2.00 bits per heavy atom. The van der Waals surface area contributed by atoms with Gasteiger partial charge in [0.25, 0.3) is 5.69 Å². The molecule has 5 nitrogen and oxygen atoms in total. The number of ether oxygens (including phenoxy) is 2. The van der Waals surface area contributed by atoms with Gasteiger partial charge in [0.1, 0.15) is 0 Å². The quantitative estimate of drug-likeness (QED) is 0.482. The Balaban J connectivity index is 3.05. The fourth-order valence-corrected chi connectivity index (χ4v) is 1.73. The number of hydrogen-bond donors (Lipinski definition) is 0. The van der Waals surface area contributed by atoms with Gasteiger partial charge >= 0.3 is 0 Å². The van der Waals surface area contributed by atoms with Crippen molar-refractivity contribution in [1.82, 2.24) is 0 Å². The van der Waals surface area contributed by atoms with Crippen LogP contribution in [0.5, 0.6) is 0 Å². The molecule has 0 bridgehead atoms. The van der Waals surface area contributed by atoms with Gasteiger partial charge in [-0.15, -0.1) is 0 Å². The lowest BCUT2D eigenvalue weighted by Gasteiger charge is -2.13. The zero-order valence-electron chi connectivity index (χ0n) is 8.27. The minimum Gasteiger partial charge on any atom is -0.352 e. The van der Waals surface area contributed by atoms with Crippen molar-refractivity contribution in [2.45, 2.75) is 6.29 Å². The Bertz CT molecular complexity index is 365. The molecule has 0 fully saturated rings. The number of methoxy groups -OCH3 is 2. The molecule has 0 aliphatic carbocycles. The fraction of sp³-hybridized carbons (Fsp3) is 0.333. The first-order chi connectivity index (χ1) is 7.10. The maximum atomic E-state index is 10.6. The average Bonchev–Trinajstić information content (AvgIpc) is 2.19. The second kappa shape index (κ2) is 5.20. The summed E-state index contributed by atoms with van der Waals surface area (Å²) in [6.45, 7) is 0. The molecule has 1 aromatic carbocycles. The van der Waals surface area contributed by atoms with Crippen LogP contribution in [0, 0.1) is 10.1 Å². The average molecular weight is 276 g/mol. The third kappa shape index (κ3) is 2.74. The molecular weight excluding hydrogens is 266 g/mol. The molecule has 82 valence electrons. The highest BCUT2D eigenvalue weighted by Crippen LogP contribution is 2.29. The predicted molar refractivity (Wildman–Crippen MR) is 57.6 cm³/mol. The van der Waals surface area contributed by atoms with E-state index in [0.717, 1.165) is 5.56 Å². The summed E-state index contributed by atoms with van der Waals surface area (Å²) < 4.78 is 10.5. The van der Waals surface area contributed by atoms with E-state index < -0.39 is 11.2 Å².